The van der Waals surface area contributed by atoms with Crippen molar-refractivity contribution in [2.24, 2.45) is 5.73 Å². The van der Waals surface area contributed by atoms with Gasteiger partial charge in [-0.15, -0.1) is 0 Å². The number of methoxy groups -OCH3 is 1. The average molecular weight is 592 g/mol. The molecule has 0 aliphatic heterocycles. The molecule has 8 heteroatoms. The van der Waals surface area contributed by atoms with Gasteiger partial charge in [0.05, 0.1) is 43.9 Å². The molecule has 0 fully saturated rings. The zero-order valence-corrected chi connectivity index (χ0v) is 24.9. The van der Waals surface area contributed by atoms with Crippen molar-refractivity contribution in [1.82, 2.24) is 5.32 Å². The van der Waals surface area contributed by atoms with E-state index in [0.29, 0.717) is 18.6 Å². The fourth-order valence-electron chi connectivity index (χ4n) is 4.53. The first-order valence-electron chi connectivity index (χ1n) is 14.2. The van der Waals surface area contributed by atoms with Crippen LogP contribution in [0.4, 0.5) is 0 Å². The van der Waals surface area contributed by atoms with Crippen molar-refractivity contribution in [1.29, 1.82) is 5.26 Å². The number of ether oxygens (including phenoxy) is 2. The summed E-state index contributed by atoms with van der Waals surface area (Å²) in [6.07, 6.45) is 1.29. The van der Waals surface area contributed by atoms with Crippen molar-refractivity contribution in [3.05, 3.63) is 143 Å². The number of carbonyl (C=O) groups is 3. The maximum Gasteiger partial charge on any atom is 0.337 e. The molecule has 0 saturated heterocycles. The van der Waals surface area contributed by atoms with Crippen molar-refractivity contribution in [3.63, 3.8) is 0 Å². The molecule has 3 N–H and O–H groups in total. The van der Waals surface area contributed by atoms with E-state index in [1.807, 2.05) is 104 Å². The van der Waals surface area contributed by atoms with Crippen LogP contribution in [0.3, 0.4) is 0 Å². The Morgan fingerprint density at radius 2 is 1.50 bits per heavy atom. The molecular formula is C36H37N3O5. The Morgan fingerprint density at radius 3 is 2.07 bits per heavy atom. The van der Waals surface area contributed by atoms with Gasteiger partial charge in [-0.3, -0.25) is 4.79 Å². The van der Waals surface area contributed by atoms with Crippen molar-refractivity contribution < 1.29 is 23.9 Å². The lowest BCUT2D eigenvalue weighted by Gasteiger charge is -2.21. The number of carbonyl (C=O) groups excluding carboxylic acids is 3. The van der Waals surface area contributed by atoms with E-state index in [0.717, 1.165) is 34.1 Å². The number of hydrogen-bond donors (Lipinski definition) is 2. The summed E-state index contributed by atoms with van der Waals surface area (Å²) < 4.78 is 9.85. The molecule has 0 unspecified atom stereocenters. The maximum absolute atomic E-state index is 13.1. The van der Waals surface area contributed by atoms with Gasteiger partial charge in [0.2, 0.25) is 5.91 Å². The van der Waals surface area contributed by atoms with Gasteiger partial charge in [-0.25, -0.2) is 4.79 Å². The van der Waals surface area contributed by atoms with E-state index < -0.39 is 18.0 Å². The standard InChI is InChI=1S/C24H23NO2.C12H14N2O3/c1-18-9-8-10-19(15-18)16-22(17-26)25-24(27)23(20-11-4-2-5-12-20)21-13-6-3-7-14-21;1-16-12(15)10-4-2-3-9(5-10)7-17-8-11(14)6-13/h2-15,17,22-23H,16H2,1H3,(H,25,27);2-5,11H,7-8,14H2,1H3/t22-;11-/m01/s1. The molecule has 0 spiro atoms. The van der Waals surface area contributed by atoms with E-state index in [4.69, 9.17) is 15.7 Å². The highest BCUT2D eigenvalue weighted by molar-refractivity contribution is 5.89. The molecule has 0 aromatic heterocycles. The monoisotopic (exact) mass is 591 g/mol. The number of esters is 1. The number of nitrogens with zero attached hydrogens (tertiary/aromatic N) is 1. The highest BCUT2D eigenvalue weighted by Crippen LogP contribution is 2.25. The first-order chi connectivity index (χ1) is 21.3. The third-order valence-electron chi connectivity index (χ3n) is 6.64. The molecule has 0 aliphatic rings. The lowest BCUT2D eigenvalue weighted by atomic mass is 9.90. The summed E-state index contributed by atoms with van der Waals surface area (Å²) in [4.78, 5) is 36.0. The second-order valence-electron chi connectivity index (χ2n) is 10.1. The molecule has 0 aliphatic carbocycles. The molecule has 226 valence electrons. The first-order valence-corrected chi connectivity index (χ1v) is 14.2. The molecule has 0 saturated carbocycles. The number of hydrogen-bond acceptors (Lipinski definition) is 7. The van der Waals surface area contributed by atoms with Crippen LogP contribution in [0.15, 0.2) is 109 Å². The van der Waals surface area contributed by atoms with Crippen LogP contribution in [0.25, 0.3) is 0 Å². The molecule has 0 heterocycles. The van der Waals surface area contributed by atoms with Gasteiger partial charge in [-0.05, 0) is 47.7 Å². The summed E-state index contributed by atoms with van der Waals surface area (Å²) in [5.41, 5.74) is 10.7. The predicted molar refractivity (Wildman–Crippen MR) is 169 cm³/mol. The molecule has 4 aromatic rings. The zero-order chi connectivity index (χ0) is 31.7. The fraction of sp³-hybridized carbons (Fsp3) is 0.222. The van der Waals surface area contributed by atoms with E-state index in [2.05, 4.69) is 10.1 Å². The number of nitrogens with two attached hydrogens (primary N) is 1. The molecular weight excluding hydrogens is 554 g/mol. The normalized spacial score (nSPS) is 11.7. The largest absolute Gasteiger partial charge is 0.465 e. The van der Waals surface area contributed by atoms with Crippen LogP contribution in [0.5, 0.6) is 0 Å². The van der Waals surface area contributed by atoms with E-state index in [1.54, 1.807) is 18.2 Å². The summed E-state index contributed by atoms with van der Waals surface area (Å²) in [7, 11) is 1.33. The number of nitrogens with one attached hydrogen (secondary N) is 1. The minimum atomic E-state index is -0.626. The molecule has 4 rings (SSSR count). The molecule has 2 atom stereocenters. The highest BCUT2D eigenvalue weighted by Gasteiger charge is 2.24. The van der Waals surface area contributed by atoms with Gasteiger partial charge in [0.1, 0.15) is 12.3 Å². The van der Waals surface area contributed by atoms with Crippen LogP contribution in [0.1, 0.15) is 44.1 Å². The van der Waals surface area contributed by atoms with E-state index in [9.17, 15) is 14.4 Å². The molecule has 1 amide bonds. The predicted octanol–water partition coefficient (Wildman–Crippen LogP) is 4.89. The summed E-state index contributed by atoms with van der Waals surface area (Å²) in [5, 5.41) is 11.4. The zero-order valence-electron chi connectivity index (χ0n) is 24.9. The van der Waals surface area contributed by atoms with Crippen molar-refractivity contribution >= 4 is 18.2 Å². The minimum Gasteiger partial charge on any atom is -0.465 e. The van der Waals surface area contributed by atoms with Crippen LogP contribution < -0.4 is 11.1 Å². The van der Waals surface area contributed by atoms with Crippen LogP contribution in [-0.2, 0) is 32.1 Å². The minimum absolute atomic E-state index is 0.166. The Morgan fingerprint density at radius 1 is 0.886 bits per heavy atom. The Bertz CT molecular complexity index is 1500. The second-order valence-corrected chi connectivity index (χ2v) is 10.1. The second kappa shape index (κ2) is 17.8. The van der Waals surface area contributed by atoms with E-state index in [1.165, 1.54) is 7.11 Å². The summed E-state index contributed by atoms with van der Waals surface area (Å²) in [5.74, 6) is -1.01. The van der Waals surface area contributed by atoms with Crippen LogP contribution in [0, 0.1) is 18.3 Å². The molecule has 0 bridgehead atoms. The lowest BCUT2D eigenvalue weighted by Crippen LogP contribution is -2.40. The quantitative estimate of drug-likeness (QED) is 0.177. The van der Waals surface area contributed by atoms with Gasteiger partial charge in [0.15, 0.2) is 0 Å². The molecule has 4 aromatic carbocycles. The van der Waals surface area contributed by atoms with Gasteiger partial charge in [0.25, 0.3) is 0 Å². The van der Waals surface area contributed by atoms with Gasteiger partial charge < -0.3 is 25.3 Å². The number of nitriles is 1. The summed E-state index contributed by atoms with van der Waals surface area (Å²) in [6.45, 7) is 2.48. The Kier molecular flexibility index (Phi) is 13.5. The smallest absolute Gasteiger partial charge is 0.337 e. The molecule has 8 nitrogen and oxygen atoms in total. The number of benzene rings is 4. The number of aldehydes is 1. The van der Waals surface area contributed by atoms with Crippen LogP contribution in [-0.4, -0.2) is 44.0 Å². The van der Waals surface area contributed by atoms with Gasteiger partial charge >= 0.3 is 5.97 Å². The Hall–Kier alpha value is -5.10. The van der Waals surface area contributed by atoms with E-state index >= 15 is 0 Å². The van der Waals surface area contributed by atoms with Crippen molar-refractivity contribution in [2.45, 2.75) is 38.0 Å². The Balaban J connectivity index is 0.000000269. The fourth-order valence-corrected chi connectivity index (χ4v) is 4.53. The van der Waals surface area contributed by atoms with Gasteiger partial charge in [-0.2, -0.15) is 5.26 Å². The lowest BCUT2D eigenvalue weighted by molar-refractivity contribution is -0.124. The maximum atomic E-state index is 13.1. The van der Waals surface area contributed by atoms with E-state index in [-0.39, 0.29) is 18.5 Å². The molecule has 0 radical (unpaired) electrons. The van der Waals surface area contributed by atoms with Crippen LogP contribution in [0.2, 0.25) is 0 Å². The topological polar surface area (TPSA) is 132 Å². The summed E-state index contributed by atoms with van der Waals surface area (Å²) >= 11 is 0. The summed E-state index contributed by atoms with van der Waals surface area (Å²) in [6, 6.07) is 34.9. The number of amides is 1. The highest BCUT2D eigenvalue weighted by atomic mass is 16.5. The SMILES string of the molecule is COC(=O)c1cccc(COC[C@H](N)C#N)c1.Cc1cccc(C[C@@H](C=O)NC(=O)C(c2ccccc2)c2ccccc2)c1. The van der Waals surface area contributed by atoms with Crippen molar-refractivity contribution in [3.8, 4) is 6.07 Å². The van der Waals surface area contributed by atoms with Gasteiger partial charge in [0, 0.05) is 0 Å². The number of rotatable bonds is 12. The van der Waals surface area contributed by atoms with Crippen molar-refractivity contribution in [2.75, 3.05) is 13.7 Å². The third kappa shape index (κ3) is 10.6. The van der Waals surface area contributed by atoms with Crippen LogP contribution >= 0.6 is 0 Å². The third-order valence-corrected chi connectivity index (χ3v) is 6.64. The molecule has 44 heavy (non-hydrogen) atoms. The average Bonchev–Trinajstić information content (AvgIpc) is 3.05. The Labute approximate surface area is 258 Å². The number of aryl methyl sites for hydroxylation is 1. The first kappa shape index (κ1) is 33.4. The van der Waals surface area contributed by atoms with Gasteiger partial charge in [-0.1, -0.05) is 103 Å².